The summed E-state index contributed by atoms with van der Waals surface area (Å²) in [5, 5.41) is 11.3. The Hall–Kier alpha value is -2.39. The summed E-state index contributed by atoms with van der Waals surface area (Å²) in [6.07, 6.45) is 1.38. The van der Waals surface area contributed by atoms with E-state index >= 15 is 0 Å². The number of ether oxygens (including phenoxy) is 1. The Balaban J connectivity index is 2.17. The standard InChI is InChI=1S/C15H11BrN2O5S/c1-23-12-3-5-15(13(16)9-12)24(21,22)17-7-6-10-8-11(18(19)20)2-4-14(10)17/h2-9H,1H3. The van der Waals surface area contributed by atoms with E-state index in [0.29, 0.717) is 21.1 Å². The van der Waals surface area contributed by atoms with Crippen molar-refractivity contribution in [3.63, 3.8) is 0 Å². The molecule has 124 valence electrons. The summed E-state index contributed by atoms with van der Waals surface area (Å²) in [6, 6.07) is 10.1. The van der Waals surface area contributed by atoms with Crippen LogP contribution >= 0.6 is 15.9 Å². The van der Waals surface area contributed by atoms with Crippen LogP contribution in [0.4, 0.5) is 5.69 Å². The first-order chi connectivity index (χ1) is 11.3. The molecule has 3 rings (SSSR count). The second-order valence-corrected chi connectivity index (χ2v) is 7.55. The van der Waals surface area contributed by atoms with Gasteiger partial charge in [-0.3, -0.25) is 10.1 Å². The van der Waals surface area contributed by atoms with Crippen LogP contribution in [0.1, 0.15) is 0 Å². The molecule has 0 aliphatic heterocycles. The maximum atomic E-state index is 12.9. The molecule has 0 N–H and O–H groups in total. The summed E-state index contributed by atoms with van der Waals surface area (Å²) in [5.41, 5.74) is 0.270. The van der Waals surface area contributed by atoms with Gasteiger partial charge in [-0.1, -0.05) is 0 Å². The lowest BCUT2D eigenvalue weighted by Crippen LogP contribution is -2.12. The Morgan fingerprint density at radius 1 is 1.17 bits per heavy atom. The number of nitro groups is 1. The molecule has 0 saturated carbocycles. The van der Waals surface area contributed by atoms with E-state index in [1.165, 1.54) is 43.6 Å². The minimum atomic E-state index is -3.87. The van der Waals surface area contributed by atoms with Crippen molar-refractivity contribution in [3.05, 3.63) is 63.2 Å². The number of aromatic nitrogens is 1. The first-order valence-corrected chi connectivity index (χ1v) is 8.92. The molecule has 24 heavy (non-hydrogen) atoms. The zero-order valence-corrected chi connectivity index (χ0v) is 14.7. The number of halogens is 1. The van der Waals surface area contributed by atoms with Gasteiger partial charge in [-0.25, -0.2) is 12.4 Å². The molecule has 0 aliphatic rings. The summed E-state index contributed by atoms with van der Waals surface area (Å²) in [7, 11) is -2.38. The molecule has 1 heterocycles. The highest BCUT2D eigenvalue weighted by molar-refractivity contribution is 9.10. The van der Waals surface area contributed by atoms with E-state index in [4.69, 9.17) is 4.74 Å². The van der Waals surface area contributed by atoms with Crippen molar-refractivity contribution >= 4 is 42.5 Å². The van der Waals surface area contributed by atoms with Crippen molar-refractivity contribution in [2.75, 3.05) is 7.11 Å². The van der Waals surface area contributed by atoms with Gasteiger partial charge >= 0.3 is 0 Å². The lowest BCUT2D eigenvalue weighted by Gasteiger charge is -2.10. The number of hydrogen-bond donors (Lipinski definition) is 0. The van der Waals surface area contributed by atoms with Crippen molar-refractivity contribution in [1.82, 2.24) is 3.97 Å². The third-order valence-corrected chi connectivity index (χ3v) is 6.19. The van der Waals surface area contributed by atoms with E-state index < -0.39 is 14.9 Å². The number of benzene rings is 2. The summed E-state index contributed by atoms with van der Waals surface area (Å²) >= 11 is 3.24. The van der Waals surface area contributed by atoms with Gasteiger partial charge in [-0.05, 0) is 46.3 Å². The normalized spacial score (nSPS) is 11.6. The van der Waals surface area contributed by atoms with Crippen molar-refractivity contribution in [2.45, 2.75) is 4.90 Å². The van der Waals surface area contributed by atoms with Crippen LogP contribution in [-0.2, 0) is 10.0 Å². The highest BCUT2D eigenvalue weighted by Crippen LogP contribution is 2.31. The van der Waals surface area contributed by atoms with E-state index in [0.717, 1.165) is 3.97 Å². The molecule has 9 heteroatoms. The molecule has 0 aliphatic carbocycles. The third-order valence-electron chi connectivity index (χ3n) is 3.52. The fraction of sp³-hybridized carbons (Fsp3) is 0.0667. The molecule has 2 aromatic carbocycles. The fourth-order valence-corrected chi connectivity index (χ4v) is 4.73. The summed E-state index contributed by atoms with van der Waals surface area (Å²) in [4.78, 5) is 10.4. The van der Waals surface area contributed by atoms with Gasteiger partial charge in [0.1, 0.15) is 10.6 Å². The number of hydrogen-bond acceptors (Lipinski definition) is 5. The maximum absolute atomic E-state index is 12.9. The van der Waals surface area contributed by atoms with Crippen LogP contribution < -0.4 is 4.74 Å². The van der Waals surface area contributed by atoms with Crippen LogP contribution in [0.3, 0.4) is 0 Å². The monoisotopic (exact) mass is 410 g/mol. The van der Waals surface area contributed by atoms with E-state index in [-0.39, 0.29) is 10.6 Å². The molecule has 0 amide bonds. The van der Waals surface area contributed by atoms with Gasteiger partial charge in [0.25, 0.3) is 15.7 Å². The summed E-state index contributed by atoms with van der Waals surface area (Å²) in [5.74, 6) is 0.522. The molecule has 0 bridgehead atoms. The van der Waals surface area contributed by atoms with Gasteiger partial charge in [-0.2, -0.15) is 0 Å². The molecule has 0 spiro atoms. The second kappa shape index (κ2) is 5.91. The minimum absolute atomic E-state index is 0.0687. The van der Waals surface area contributed by atoms with Crippen LogP contribution in [0, 0.1) is 10.1 Å². The van der Waals surface area contributed by atoms with Gasteiger partial charge in [0, 0.05) is 28.2 Å². The zero-order valence-electron chi connectivity index (χ0n) is 12.3. The Labute approximate surface area is 145 Å². The molecular weight excluding hydrogens is 400 g/mol. The Morgan fingerprint density at radius 2 is 1.92 bits per heavy atom. The molecular formula is C15H11BrN2O5S. The van der Waals surface area contributed by atoms with Crippen molar-refractivity contribution < 1.29 is 18.1 Å². The van der Waals surface area contributed by atoms with E-state index in [2.05, 4.69) is 15.9 Å². The van der Waals surface area contributed by atoms with Gasteiger partial charge < -0.3 is 4.74 Å². The zero-order chi connectivity index (χ0) is 17.5. The predicted molar refractivity (Wildman–Crippen MR) is 91.9 cm³/mol. The van der Waals surface area contributed by atoms with Gasteiger partial charge in [0.2, 0.25) is 0 Å². The fourth-order valence-electron chi connectivity index (χ4n) is 2.35. The Kier molecular flexibility index (Phi) is 4.06. The average molecular weight is 411 g/mol. The first-order valence-electron chi connectivity index (χ1n) is 6.69. The number of methoxy groups -OCH3 is 1. The molecule has 3 aromatic rings. The Morgan fingerprint density at radius 3 is 2.54 bits per heavy atom. The van der Waals surface area contributed by atoms with Crippen molar-refractivity contribution in [1.29, 1.82) is 0 Å². The van der Waals surface area contributed by atoms with E-state index in [1.54, 1.807) is 12.1 Å². The van der Waals surface area contributed by atoms with Crippen LogP contribution in [0.15, 0.2) is 58.0 Å². The molecule has 0 radical (unpaired) electrons. The summed E-state index contributed by atoms with van der Waals surface area (Å²) < 4.78 is 32.3. The Bertz CT molecular complexity index is 1060. The molecule has 0 saturated heterocycles. The number of nitrogens with zero attached hydrogens (tertiary/aromatic N) is 2. The average Bonchev–Trinajstić information content (AvgIpc) is 2.98. The highest BCUT2D eigenvalue weighted by atomic mass is 79.9. The van der Waals surface area contributed by atoms with Gasteiger partial charge in [0.15, 0.2) is 0 Å². The largest absolute Gasteiger partial charge is 0.497 e. The number of fused-ring (bicyclic) bond motifs is 1. The molecule has 0 atom stereocenters. The topological polar surface area (TPSA) is 91.4 Å². The molecule has 7 nitrogen and oxygen atoms in total. The highest BCUT2D eigenvalue weighted by Gasteiger charge is 2.22. The van der Waals surface area contributed by atoms with Gasteiger partial charge in [-0.15, -0.1) is 0 Å². The van der Waals surface area contributed by atoms with E-state index in [9.17, 15) is 18.5 Å². The predicted octanol–water partition coefficient (Wildman–Crippen LogP) is 3.56. The number of nitro benzene ring substituents is 1. The number of rotatable bonds is 4. The third kappa shape index (κ3) is 2.65. The molecule has 0 fully saturated rings. The van der Waals surface area contributed by atoms with Crippen LogP contribution in [-0.4, -0.2) is 24.4 Å². The first kappa shape index (κ1) is 16.5. The van der Waals surface area contributed by atoms with Crippen LogP contribution in [0.2, 0.25) is 0 Å². The maximum Gasteiger partial charge on any atom is 0.270 e. The van der Waals surface area contributed by atoms with Gasteiger partial charge in [0.05, 0.1) is 17.5 Å². The SMILES string of the molecule is COc1ccc(S(=O)(=O)n2ccc3cc([N+](=O)[O-])ccc32)c(Br)c1. The molecule has 0 unspecified atom stereocenters. The molecule has 1 aromatic heterocycles. The lowest BCUT2D eigenvalue weighted by molar-refractivity contribution is -0.384. The smallest absolute Gasteiger partial charge is 0.270 e. The van der Waals surface area contributed by atoms with Crippen molar-refractivity contribution in [2.24, 2.45) is 0 Å². The van der Waals surface area contributed by atoms with Crippen LogP contribution in [0.25, 0.3) is 10.9 Å². The minimum Gasteiger partial charge on any atom is -0.497 e. The quantitative estimate of drug-likeness (QED) is 0.484. The summed E-state index contributed by atoms with van der Waals surface area (Å²) in [6.45, 7) is 0. The van der Waals surface area contributed by atoms with E-state index in [1.807, 2.05) is 0 Å². The number of non-ortho nitro benzene ring substituents is 1. The second-order valence-electron chi connectivity index (χ2n) is 4.91. The van der Waals surface area contributed by atoms with Crippen molar-refractivity contribution in [3.8, 4) is 5.75 Å². The van der Waals surface area contributed by atoms with Crippen LogP contribution in [0.5, 0.6) is 5.75 Å². The lowest BCUT2D eigenvalue weighted by atomic mass is 10.2.